The molecule has 1 fully saturated rings. The molecule has 1 heterocycles. The van der Waals surface area contributed by atoms with Crippen molar-refractivity contribution >= 4 is 11.8 Å². The quantitative estimate of drug-likeness (QED) is 0.792. The van der Waals surface area contributed by atoms with E-state index in [2.05, 4.69) is 24.8 Å². The SMILES string of the molecule is C=CC(=O)N(C)C1CN(C(=O)Cc2ccc3c(c2)CCC3)C1. The zero-order valence-corrected chi connectivity index (χ0v) is 13.0. The molecule has 0 radical (unpaired) electrons. The van der Waals surface area contributed by atoms with E-state index in [0.29, 0.717) is 19.5 Å². The molecule has 3 rings (SSSR count). The number of nitrogens with zero attached hydrogens (tertiary/aromatic N) is 2. The van der Waals surface area contributed by atoms with Crippen molar-refractivity contribution in [2.75, 3.05) is 20.1 Å². The maximum absolute atomic E-state index is 12.3. The van der Waals surface area contributed by atoms with Gasteiger partial charge in [-0.3, -0.25) is 9.59 Å². The fourth-order valence-electron chi connectivity index (χ4n) is 3.25. The first kappa shape index (κ1) is 14.8. The third-order valence-corrected chi connectivity index (χ3v) is 4.80. The summed E-state index contributed by atoms with van der Waals surface area (Å²) in [5.74, 6) is 0.0596. The van der Waals surface area contributed by atoms with Crippen LogP contribution in [-0.4, -0.2) is 47.8 Å². The van der Waals surface area contributed by atoms with E-state index in [9.17, 15) is 9.59 Å². The fourth-order valence-corrected chi connectivity index (χ4v) is 3.25. The number of likely N-dealkylation sites (tertiary alicyclic amines) is 1. The van der Waals surface area contributed by atoms with Crippen LogP contribution >= 0.6 is 0 Å². The molecule has 2 aliphatic rings. The Morgan fingerprint density at radius 2 is 2.05 bits per heavy atom. The summed E-state index contributed by atoms with van der Waals surface area (Å²) in [4.78, 5) is 27.3. The maximum Gasteiger partial charge on any atom is 0.246 e. The Hall–Kier alpha value is -2.10. The molecule has 0 N–H and O–H groups in total. The standard InChI is InChI=1S/C18H22N2O2/c1-3-17(21)19(2)16-11-20(12-16)18(22)10-13-7-8-14-5-4-6-15(14)9-13/h3,7-9,16H,1,4-6,10-12H2,2H3. The summed E-state index contributed by atoms with van der Waals surface area (Å²) in [5.41, 5.74) is 3.94. The van der Waals surface area contributed by atoms with E-state index in [1.807, 2.05) is 4.90 Å². The van der Waals surface area contributed by atoms with Gasteiger partial charge in [0.15, 0.2) is 0 Å². The van der Waals surface area contributed by atoms with Gasteiger partial charge in [-0.05, 0) is 42.0 Å². The van der Waals surface area contributed by atoms with Gasteiger partial charge >= 0.3 is 0 Å². The van der Waals surface area contributed by atoms with Crippen molar-refractivity contribution in [2.45, 2.75) is 31.7 Å². The third-order valence-electron chi connectivity index (χ3n) is 4.80. The van der Waals surface area contributed by atoms with Crippen LogP contribution < -0.4 is 0 Å². The Bertz CT molecular complexity index is 618. The van der Waals surface area contributed by atoms with E-state index >= 15 is 0 Å². The molecule has 22 heavy (non-hydrogen) atoms. The molecule has 1 saturated heterocycles. The molecule has 0 atom stereocenters. The summed E-state index contributed by atoms with van der Waals surface area (Å²) >= 11 is 0. The summed E-state index contributed by atoms with van der Waals surface area (Å²) in [7, 11) is 1.76. The zero-order valence-electron chi connectivity index (χ0n) is 13.0. The molecule has 0 aromatic heterocycles. The molecule has 0 spiro atoms. The van der Waals surface area contributed by atoms with Crippen LogP contribution in [0.15, 0.2) is 30.9 Å². The highest BCUT2D eigenvalue weighted by Crippen LogP contribution is 2.23. The topological polar surface area (TPSA) is 40.6 Å². The van der Waals surface area contributed by atoms with Crippen molar-refractivity contribution < 1.29 is 9.59 Å². The second-order valence-corrected chi connectivity index (χ2v) is 6.24. The summed E-state index contributed by atoms with van der Waals surface area (Å²) < 4.78 is 0. The Kier molecular flexibility index (Phi) is 4.01. The Labute approximate surface area is 131 Å². The van der Waals surface area contributed by atoms with Gasteiger partial charge in [-0.15, -0.1) is 0 Å². The van der Waals surface area contributed by atoms with E-state index in [1.165, 1.54) is 30.0 Å². The van der Waals surface area contributed by atoms with Crippen LogP contribution in [0.2, 0.25) is 0 Å². The largest absolute Gasteiger partial charge is 0.338 e. The monoisotopic (exact) mass is 298 g/mol. The van der Waals surface area contributed by atoms with E-state index in [1.54, 1.807) is 11.9 Å². The Balaban J connectivity index is 1.54. The first-order valence-electron chi connectivity index (χ1n) is 7.86. The minimum absolute atomic E-state index is 0.0873. The van der Waals surface area contributed by atoms with Crippen LogP contribution in [0.25, 0.3) is 0 Å². The number of aryl methyl sites for hydroxylation is 2. The number of carbonyl (C=O) groups excluding carboxylic acids is 2. The number of hydrogen-bond acceptors (Lipinski definition) is 2. The number of carbonyl (C=O) groups is 2. The Morgan fingerprint density at radius 1 is 1.32 bits per heavy atom. The molecule has 1 aromatic carbocycles. The number of likely N-dealkylation sites (N-methyl/N-ethyl adjacent to an activating group) is 1. The van der Waals surface area contributed by atoms with Gasteiger partial charge in [0.1, 0.15) is 0 Å². The maximum atomic E-state index is 12.3. The number of amides is 2. The van der Waals surface area contributed by atoms with Crippen molar-refractivity contribution in [1.82, 2.24) is 9.80 Å². The lowest BCUT2D eigenvalue weighted by Crippen LogP contribution is -2.61. The van der Waals surface area contributed by atoms with Gasteiger partial charge in [0, 0.05) is 20.1 Å². The number of fused-ring (bicyclic) bond motifs is 1. The van der Waals surface area contributed by atoms with E-state index in [4.69, 9.17) is 0 Å². The van der Waals surface area contributed by atoms with Gasteiger partial charge in [-0.2, -0.15) is 0 Å². The molecule has 0 saturated carbocycles. The van der Waals surface area contributed by atoms with Gasteiger partial charge in [0.05, 0.1) is 12.5 Å². The summed E-state index contributed by atoms with van der Waals surface area (Å²) in [6.07, 6.45) is 5.30. The normalized spacial score (nSPS) is 16.9. The van der Waals surface area contributed by atoms with E-state index in [0.717, 1.165) is 12.0 Å². The highest BCUT2D eigenvalue weighted by molar-refractivity contribution is 5.87. The van der Waals surface area contributed by atoms with Crippen LogP contribution in [0.4, 0.5) is 0 Å². The number of hydrogen-bond donors (Lipinski definition) is 0. The summed E-state index contributed by atoms with van der Waals surface area (Å²) in [6, 6.07) is 6.55. The lowest BCUT2D eigenvalue weighted by molar-refractivity contribution is -0.142. The third kappa shape index (κ3) is 2.78. The second kappa shape index (κ2) is 5.95. The molecule has 1 aliphatic carbocycles. The van der Waals surface area contributed by atoms with Gasteiger partial charge in [0.25, 0.3) is 0 Å². The molecule has 116 valence electrons. The molecule has 1 aromatic rings. The summed E-state index contributed by atoms with van der Waals surface area (Å²) in [5, 5.41) is 0. The molecule has 2 amide bonds. The fraction of sp³-hybridized carbons (Fsp3) is 0.444. The molecule has 4 nitrogen and oxygen atoms in total. The minimum Gasteiger partial charge on any atom is -0.338 e. The first-order valence-corrected chi connectivity index (χ1v) is 7.86. The summed E-state index contributed by atoms with van der Waals surface area (Å²) in [6.45, 7) is 4.74. The van der Waals surface area contributed by atoms with Crippen molar-refractivity contribution in [3.05, 3.63) is 47.5 Å². The van der Waals surface area contributed by atoms with Crippen molar-refractivity contribution in [3.63, 3.8) is 0 Å². The number of rotatable bonds is 4. The number of benzene rings is 1. The molecule has 1 aliphatic heterocycles. The second-order valence-electron chi connectivity index (χ2n) is 6.24. The molecular formula is C18H22N2O2. The molecule has 4 heteroatoms. The van der Waals surface area contributed by atoms with Crippen LogP contribution in [0.1, 0.15) is 23.1 Å². The predicted octanol–water partition coefficient (Wildman–Crippen LogP) is 1.57. The van der Waals surface area contributed by atoms with Gasteiger partial charge in [0.2, 0.25) is 11.8 Å². The van der Waals surface area contributed by atoms with Crippen LogP contribution in [-0.2, 0) is 28.9 Å². The van der Waals surface area contributed by atoms with Crippen molar-refractivity contribution in [3.8, 4) is 0 Å². The van der Waals surface area contributed by atoms with Gasteiger partial charge in [-0.25, -0.2) is 0 Å². The first-order chi connectivity index (χ1) is 10.6. The lowest BCUT2D eigenvalue weighted by atomic mass is 10.0. The highest BCUT2D eigenvalue weighted by Gasteiger charge is 2.34. The Morgan fingerprint density at radius 3 is 2.77 bits per heavy atom. The van der Waals surface area contributed by atoms with Crippen LogP contribution in [0.3, 0.4) is 0 Å². The molecule has 0 unspecified atom stereocenters. The lowest BCUT2D eigenvalue weighted by Gasteiger charge is -2.43. The smallest absolute Gasteiger partial charge is 0.246 e. The van der Waals surface area contributed by atoms with Crippen LogP contribution in [0.5, 0.6) is 0 Å². The predicted molar refractivity (Wildman–Crippen MR) is 85.5 cm³/mol. The van der Waals surface area contributed by atoms with E-state index < -0.39 is 0 Å². The van der Waals surface area contributed by atoms with Gasteiger partial charge < -0.3 is 9.80 Å². The molecule has 0 bridgehead atoms. The van der Waals surface area contributed by atoms with Crippen molar-refractivity contribution in [2.24, 2.45) is 0 Å². The van der Waals surface area contributed by atoms with Gasteiger partial charge in [-0.1, -0.05) is 24.8 Å². The average Bonchev–Trinajstić information content (AvgIpc) is 2.92. The van der Waals surface area contributed by atoms with E-state index in [-0.39, 0.29) is 17.9 Å². The highest BCUT2D eigenvalue weighted by atomic mass is 16.2. The molecular weight excluding hydrogens is 276 g/mol. The zero-order chi connectivity index (χ0) is 15.7. The van der Waals surface area contributed by atoms with Crippen molar-refractivity contribution in [1.29, 1.82) is 0 Å². The average molecular weight is 298 g/mol. The van der Waals surface area contributed by atoms with Crippen LogP contribution in [0, 0.1) is 0 Å². The minimum atomic E-state index is -0.0873.